The Morgan fingerprint density at radius 1 is 1.38 bits per heavy atom. The molecule has 0 heterocycles. The van der Waals surface area contributed by atoms with Crippen molar-refractivity contribution < 1.29 is 30.3 Å². The highest BCUT2D eigenvalue weighted by Crippen LogP contribution is 2.26. The summed E-state index contributed by atoms with van der Waals surface area (Å²) in [6.45, 7) is -0.844. The molecule has 0 aromatic carbocycles. The molecule has 1 saturated carbocycles. The van der Waals surface area contributed by atoms with Crippen molar-refractivity contribution in [3.8, 4) is 0 Å². The Morgan fingerprint density at radius 3 is 2.38 bits per heavy atom. The number of aliphatic hydroxyl groups excluding tert-OH is 4. The first-order valence-corrected chi connectivity index (χ1v) is 3.82. The molecule has 0 radical (unpaired) electrons. The average Bonchev–Trinajstić information content (AvgIpc) is 2.12. The molecule has 1 fully saturated rings. The average molecular weight is 193 g/mol. The van der Waals surface area contributed by atoms with Gasteiger partial charge in [0.1, 0.15) is 23.9 Å². The molecule has 5 N–H and O–H groups in total. The zero-order valence-corrected chi connectivity index (χ0v) is 6.79. The number of carbonyl (C=O) groups is 1. The summed E-state index contributed by atoms with van der Waals surface area (Å²) in [4.78, 5) is 10.9. The minimum absolute atomic E-state index is 0.567. The third-order valence-corrected chi connectivity index (χ3v) is 2.28. The monoisotopic (exact) mass is 193 g/mol. The van der Waals surface area contributed by atoms with E-state index in [2.05, 4.69) is 0 Å². The number of carbonyl (C=O) groups excluding carboxylic acids is 1. The van der Waals surface area contributed by atoms with E-state index >= 15 is 0 Å². The second-order valence-corrected chi connectivity index (χ2v) is 3.29. The Balaban J connectivity index is 2.88. The summed E-state index contributed by atoms with van der Waals surface area (Å²) in [6, 6.07) is 0. The molecule has 0 amide bonds. The Hall–Kier alpha value is -0.530. The van der Waals surface area contributed by atoms with E-state index in [9.17, 15) is 15.0 Å². The van der Waals surface area contributed by atoms with Gasteiger partial charge in [-0.15, -0.1) is 0 Å². The van der Waals surface area contributed by atoms with Crippen molar-refractivity contribution in [2.24, 2.45) is 0 Å². The minimum atomic E-state index is -2.05. The lowest BCUT2D eigenvalue weighted by atomic mass is 9.85. The van der Waals surface area contributed by atoms with Gasteiger partial charge in [0.25, 0.3) is 0 Å². The Kier molecular flexibility index (Phi) is 2.69. The van der Waals surface area contributed by atoms with Gasteiger partial charge in [-0.2, -0.15) is 0 Å². The molecule has 1 aliphatic carbocycles. The molecule has 0 aliphatic heterocycles. The summed E-state index contributed by atoms with van der Waals surface area (Å²) >= 11 is 0. The lowest BCUT2D eigenvalue weighted by Crippen LogP contribution is -2.62. The summed E-state index contributed by atoms with van der Waals surface area (Å²) in [6.07, 6.45) is -5.73. The summed E-state index contributed by atoms with van der Waals surface area (Å²) in [5.74, 6) is -0.797. The van der Waals surface area contributed by atoms with E-state index in [4.69, 9.17) is 15.3 Å². The SMILES string of the molecule is O=[13C]1C[C@](O)(CO)[C@@H](O)[C@H](O)[C@H]1O. The third kappa shape index (κ3) is 1.59. The molecule has 1 aliphatic rings. The van der Waals surface area contributed by atoms with E-state index < -0.39 is 42.7 Å². The number of hydrogen-bond donors (Lipinski definition) is 5. The van der Waals surface area contributed by atoms with Gasteiger partial charge >= 0.3 is 0 Å². The van der Waals surface area contributed by atoms with Crippen molar-refractivity contribution in [3.63, 3.8) is 0 Å². The Labute approximate surface area is 74.1 Å². The van der Waals surface area contributed by atoms with Crippen molar-refractivity contribution in [2.75, 3.05) is 6.61 Å². The molecule has 6 heteroatoms. The summed E-state index contributed by atoms with van der Waals surface area (Å²) in [5.41, 5.74) is -2.05. The van der Waals surface area contributed by atoms with Crippen LogP contribution in [0.25, 0.3) is 0 Å². The lowest BCUT2D eigenvalue weighted by Gasteiger charge is -2.39. The fourth-order valence-corrected chi connectivity index (χ4v) is 1.34. The van der Waals surface area contributed by atoms with E-state index in [1.165, 1.54) is 0 Å². The number of rotatable bonds is 1. The van der Waals surface area contributed by atoms with Crippen LogP contribution in [0, 0.1) is 0 Å². The number of Topliss-reactive ketones (excluding diaryl/α,β-unsaturated/α-hetero) is 1. The smallest absolute Gasteiger partial charge is 0.167 e. The van der Waals surface area contributed by atoms with E-state index in [1.54, 1.807) is 0 Å². The molecule has 0 saturated heterocycles. The van der Waals surface area contributed by atoms with Crippen LogP contribution in [0.15, 0.2) is 0 Å². The number of aliphatic hydroxyl groups is 5. The van der Waals surface area contributed by atoms with Crippen molar-refractivity contribution in [1.29, 1.82) is 0 Å². The maximum Gasteiger partial charge on any atom is 0.167 e. The first-order chi connectivity index (χ1) is 5.92. The normalized spacial score (nSPS) is 46.5. The van der Waals surface area contributed by atoms with Gasteiger partial charge < -0.3 is 25.5 Å². The molecule has 0 spiro atoms. The second-order valence-electron chi connectivity index (χ2n) is 3.29. The molecule has 13 heavy (non-hydrogen) atoms. The molecule has 0 aromatic heterocycles. The van der Waals surface area contributed by atoms with Crippen LogP contribution in [0.2, 0.25) is 0 Å². The van der Waals surface area contributed by atoms with Gasteiger partial charge in [-0.05, 0) is 0 Å². The van der Waals surface area contributed by atoms with E-state index in [-0.39, 0.29) is 0 Å². The van der Waals surface area contributed by atoms with Gasteiger partial charge in [-0.1, -0.05) is 0 Å². The molecular weight excluding hydrogens is 181 g/mol. The summed E-state index contributed by atoms with van der Waals surface area (Å²) < 4.78 is 0. The van der Waals surface area contributed by atoms with Gasteiger partial charge in [0.15, 0.2) is 5.78 Å². The number of hydrogen-bond acceptors (Lipinski definition) is 6. The van der Waals surface area contributed by atoms with E-state index in [0.29, 0.717) is 0 Å². The number of ketones is 1. The maximum absolute atomic E-state index is 10.9. The van der Waals surface area contributed by atoms with Crippen LogP contribution in [0.3, 0.4) is 0 Å². The molecular formula is C7H12O6. The van der Waals surface area contributed by atoms with Gasteiger partial charge in [-0.3, -0.25) is 4.79 Å². The van der Waals surface area contributed by atoms with Gasteiger partial charge in [0, 0.05) is 6.42 Å². The molecule has 0 bridgehead atoms. The second kappa shape index (κ2) is 3.32. The highest BCUT2D eigenvalue weighted by atomic mass is 16.4. The van der Waals surface area contributed by atoms with Gasteiger partial charge in [0.2, 0.25) is 0 Å². The largest absolute Gasteiger partial charge is 0.393 e. The van der Waals surface area contributed by atoms with Crippen LogP contribution >= 0.6 is 0 Å². The fourth-order valence-electron chi connectivity index (χ4n) is 1.34. The quantitative estimate of drug-likeness (QED) is 0.279. The zero-order chi connectivity index (χ0) is 10.2. The maximum atomic E-state index is 10.9. The fraction of sp³-hybridized carbons (Fsp3) is 0.857. The van der Waals surface area contributed by atoms with Gasteiger partial charge in [-0.25, -0.2) is 0 Å². The van der Waals surface area contributed by atoms with Crippen molar-refractivity contribution in [1.82, 2.24) is 0 Å². The molecule has 0 aromatic rings. The standard InChI is InChI=1S/C7H12O6/c8-2-7(13)1-3(9)4(10)5(11)6(7)12/h4-6,8,10-13H,1-2H2/t4-,5+,6-,7-/m0/s1/i3+1. The third-order valence-electron chi connectivity index (χ3n) is 2.28. The molecule has 0 unspecified atom stereocenters. The van der Waals surface area contributed by atoms with E-state index in [1.807, 2.05) is 0 Å². The summed E-state index contributed by atoms with van der Waals surface area (Å²) in [5, 5.41) is 45.4. The first-order valence-electron chi connectivity index (χ1n) is 3.82. The molecule has 6 nitrogen and oxygen atoms in total. The van der Waals surface area contributed by atoms with E-state index in [0.717, 1.165) is 0 Å². The highest BCUT2D eigenvalue weighted by molar-refractivity contribution is 5.85. The van der Waals surface area contributed by atoms with Crippen LogP contribution in [-0.2, 0) is 4.79 Å². The zero-order valence-electron chi connectivity index (χ0n) is 6.79. The topological polar surface area (TPSA) is 118 Å². The van der Waals surface area contributed by atoms with Crippen molar-refractivity contribution in [2.45, 2.75) is 30.3 Å². The lowest BCUT2D eigenvalue weighted by molar-refractivity contribution is -0.198. The van der Waals surface area contributed by atoms with Crippen molar-refractivity contribution in [3.05, 3.63) is 0 Å². The molecule has 1 rings (SSSR count). The van der Waals surface area contributed by atoms with Crippen LogP contribution < -0.4 is 0 Å². The van der Waals surface area contributed by atoms with Crippen LogP contribution in [0.4, 0.5) is 0 Å². The van der Waals surface area contributed by atoms with Crippen molar-refractivity contribution >= 4 is 5.78 Å². The predicted octanol–water partition coefficient (Wildman–Crippen LogP) is -3.23. The van der Waals surface area contributed by atoms with Gasteiger partial charge in [0.05, 0.1) is 6.61 Å². The summed E-state index contributed by atoms with van der Waals surface area (Å²) in [7, 11) is 0. The van der Waals surface area contributed by atoms with Crippen LogP contribution in [0.5, 0.6) is 0 Å². The molecule has 76 valence electrons. The Bertz CT molecular complexity index is 217. The first kappa shape index (κ1) is 10.6. The minimum Gasteiger partial charge on any atom is -0.393 e. The molecule has 4 atom stereocenters. The van der Waals surface area contributed by atoms with Crippen LogP contribution in [-0.4, -0.2) is 61.8 Å². The Morgan fingerprint density at radius 2 is 1.92 bits per heavy atom. The van der Waals surface area contributed by atoms with Crippen LogP contribution in [0.1, 0.15) is 6.42 Å². The predicted molar refractivity (Wildman–Crippen MR) is 39.7 cm³/mol. The highest BCUT2D eigenvalue weighted by Gasteiger charge is 2.50.